The maximum Gasteiger partial charge on any atom is 0.271 e. The van der Waals surface area contributed by atoms with Crippen molar-refractivity contribution < 1.29 is 15.0 Å². The molecule has 1 heterocycles. The Morgan fingerprint density at radius 3 is 2.59 bits per heavy atom. The van der Waals surface area contributed by atoms with Gasteiger partial charge in [0.2, 0.25) is 0 Å². The first-order valence-electron chi connectivity index (χ1n) is 4.81. The number of pyridine rings is 1. The molecular formula is C10H12ClN3O3. The molecule has 0 saturated heterocycles. The fourth-order valence-electron chi connectivity index (χ4n) is 1.07. The molecule has 0 aliphatic carbocycles. The molecule has 4 N–H and O–H groups in total. The van der Waals surface area contributed by atoms with Crippen LogP contribution in [0.15, 0.2) is 6.07 Å². The molecule has 7 heteroatoms. The number of carbonyl (C=O) groups is 1. The van der Waals surface area contributed by atoms with Gasteiger partial charge in [0.05, 0.1) is 5.69 Å². The van der Waals surface area contributed by atoms with Crippen LogP contribution in [0.5, 0.6) is 11.5 Å². The van der Waals surface area contributed by atoms with Crippen molar-refractivity contribution in [2.24, 2.45) is 0 Å². The Balaban J connectivity index is 3.01. The molecular weight excluding hydrogens is 246 g/mol. The lowest BCUT2D eigenvalue weighted by Crippen LogP contribution is -2.36. The molecule has 0 spiro atoms. The Morgan fingerprint density at radius 2 is 2.12 bits per heavy atom. The predicted octanol–water partition coefficient (Wildman–Crippen LogP) is 1.04. The summed E-state index contributed by atoms with van der Waals surface area (Å²) in [7, 11) is 0. The molecule has 0 aromatic carbocycles. The third kappa shape index (κ3) is 3.07. The second-order valence-corrected chi connectivity index (χ2v) is 4.03. The highest BCUT2D eigenvalue weighted by molar-refractivity contribution is 6.44. The zero-order valence-electron chi connectivity index (χ0n) is 9.28. The van der Waals surface area contributed by atoms with E-state index in [9.17, 15) is 15.0 Å². The zero-order valence-corrected chi connectivity index (χ0v) is 10.0. The lowest BCUT2D eigenvalue weighted by atomic mass is 10.2. The predicted molar refractivity (Wildman–Crippen MR) is 62.7 cm³/mol. The Morgan fingerprint density at radius 1 is 1.53 bits per heavy atom. The fourth-order valence-corrected chi connectivity index (χ4v) is 1.26. The molecule has 1 amide bonds. The Bertz CT molecular complexity index is 451. The quantitative estimate of drug-likeness (QED) is 0.479. The van der Waals surface area contributed by atoms with Crippen LogP contribution >= 0.6 is 11.6 Å². The van der Waals surface area contributed by atoms with E-state index in [1.807, 2.05) is 0 Å². The van der Waals surface area contributed by atoms with Crippen LogP contribution in [-0.4, -0.2) is 32.9 Å². The van der Waals surface area contributed by atoms with E-state index < -0.39 is 23.1 Å². The summed E-state index contributed by atoms with van der Waals surface area (Å²) < 4.78 is 0. The van der Waals surface area contributed by atoms with Crippen LogP contribution in [0.1, 0.15) is 19.5 Å². The summed E-state index contributed by atoms with van der Waals surface area (Å²) in [5.41, 5.74) is -0.542. The van der Waals surface area contributed by atoms with Crippen molar-refractivity contribution >= 4 is 23.2 Å². The van der Waals surface area contributed by atoms with Crippen molar-refractivity contribution in [2.75, 3.05) is 0 Å². The summed E-state index contributed by atoms with van der Waals surface area (Å²) in [6, 6.07) is 0.882. The van der Waals surface area contributed by atoms with Gasteiger partial charge in [0.15, 0.2) is 16.7 Å². The number of nitrogens with zero attached hydrogens (tertiary/aromatic N) is 1. The van der Waals surface area contributed by atoms with Crippen LogP contribution in [0.2, 0.25) is 5.15 Å². The standard InChI is InChI=1S/C10H12ClN3O3/c1-4(2)13-10(17)7(12)5-3-6(15)8(16)9(11)14-5/h3-4,12,16H,1-2H3,(H,13,17)(H,14,15). The maximum atomic E-state index is 11.5. The van der Waals surface area contributed by atoms with Crippen molar-refractivity contribution in [3.63, 3.8) is 0 Å². The topological polar surface area (TPSA) is 106 Å². The second kappa shape index (κ2) is 5.01. The van der Waals surface area contributed by atoms with Gasteiger partial charge >= 0.3 is 0 Å². The minimum Gasteiger partial charge on any atom is -0.504 e. The lowest BCUT2D eigenvalue weighted by molar-refractivity contribution is -0.115. The number of nitrogens with one attached hydrogen (secondary N) is 2. The number of halogens is 1. The number of amides is 1. The van der Waals surface area contributed by atoms with Gasteiger partial charge in [0.25, 0.3) is 5.91 Å². The van der Waals surface area contributed by atoms with Crippen molar-refractivity contribution in [3.05, 3.63) is 16.9 Å². The highest BCUT2D eigenvalue weighted by Crippen LogP contribution is 2.31. The van der Waals surface area contributed by atoms with E-state index in [1.165, 1.54) is 0 Å². The largest absolute Gasteiger partial charge is 0.504 e. The highest BCUT2D eigenvalue weighted by Gasteiger charge is 2.18. The summed E-state index contributed by atoms with van der Waals surface area (Å²) in [6.45, 7) is 3.50. The van der Waals surface area contributed by atoms with Gasteiger partial charge in [-0.3, -0.25) is 10.2 Å². The van der Waals surface area contributed by atoms with E-state index in [0.29, 0.717) is 0 Å². The minimum atomic E-state index is -0.631. The zero-order chi connectivity index (χ0) is 13.2. The molecule has 1 rings (SSSR count). The van der Waals surface area contributed by atoms with Crippen molar-refractivity contribution in [1.82, 2.24) is 10.3 Å². The molecule has 0 unspecified atom stereocenters. The van der Waals surface area contributed by atoms with E-state index in [-0.39, 0.29) is 16.9 Å². The summed E-state index contributed by atoms with van der Waals surface area (Å²) >= 11 is 5.52. The van der Waals surface area contributed by atoms with E-state index in [4.69, 9.17) is 17.0 Å². The molecule has 0 fully saturated rings. The molecule has 1 aromatic heterocycles. The average Bonchev–Trinajstić information content (AvgIpc) is 2.23. The Kier molecular flexibility index (Phi) is 3.90. The van der Waals surface area contributed by atoms with Gasteiger partial charge in [0, 0.05) is 12.1 Å². The second-order valence-electron chi connectivity index (χ2n) is 3.67. The van der Waals surface area contributed by atoms with Crippen LogP contribution in [0.25, 0.3) is 0 Å². The molecule has 0 aliphatic heterocycles. The fraction of sp³-hybridized carbons (Fsp3) is 0.300. The van der Waals surface area contributed by atoms with E-state index in [0.717, 1.165) is 6.07 Å². The number of hydrogen-bond donors (Lipinski definition) is 4. The van der Waals surface area contributed by atoms with Crippen LogP contribution < -0.4 is 5.32 Å². The molecule has 17 heavy (non-hydrogen) atoms. The summed E-state index contributed by atoms with van der Waals surface area (Å²) in [4.78, 5) is 15.1. The number of aromatic nitrogens is 1. The van der Waals surface area contributed by atoms with E-state index in [2.05, 4.69) is 10.3 Å². The van der Waals surface area contributed by atoms with Gasteiger partial charge in [-0.15, -0.1) is 0 Å². The van der Waals surface area contributed by atoms with E-state index in [1.54, 1.807) is 13.8 Å². The molecule has 0 atom stereocenters. The SMILES string of the molecule is CC(C)NC(=O)C(=N)c1cc(O)c(O)c(Cl)n1. The summed E-state index contributed by atoms with van der Waals surface area (Å²) in [5, 5.41) is 28.2. The first-order chi connectivity index (χ1) is 7.82. The number of rotatable bonds is 3. The van der Waals surface area contributed by atoms with Gasteiger partial charge in [-0.2, -0.15) is 0 Å². The number of aromatic hydroxyl groups is 2. The van der Waals surface area contributed by atoms with Gasteiger partial charge in [-0.1, -0.05) is 11.6 Å². The molecule has 0 aliphatic rings. The smallest absolute Gasteiger partial charge is 0.271 e. The molecule has 1 aromatic rings. The summed E-state index contributed by atoms with van der Waals surface area (Å²) in [6.07, 6.45) is 0. The number of hydrogen-bond acceptors (Lipinski definition) is 5. The van der Waals surface area contributed by atoms with Crippen LogP contribution in [0.3, 0.4) is 0 Å². The van der Waals surface area contributed by atoms with Crippen LogP contribution in [-0.2, 0) is 4.79 Å². The average molecular weight is 258 g/mol. The first-order valence-corrected chi connectivity index (χ1v) is 5.19. The monoisotopic (exact) mass is 257 g/mol. The molecule has 6 nitrogen and oxygen atoms in total. The van der Waals surface area contributed by atoms with Gasteiger partial charge < -0.3 is 15.5 Å². The molecule has 0 saturated carbocycles. The van der Waals surface area contributed by atoms with Crippen molar-refractivity contribution in [3.8, 4) is 11.5 Å². The van der Waals surface area contributed by atoms with Gasteiger partial charge in [0.1, 0.15) is 5.71 Å². The minimum absolute atomic E-state index is 0.108. The highest BCUT2D eigenvalue weighted by atomic mass is 35.5. The van der Waals surface area contributed by atoms with Gasteiger partial charge in [-0.05, 0) is 13.8 Å². The van der Waals surface area contributed by atoms with Gasteiger partial charge in [-0.25, -0.2) is 4.98 Å². The first kappa shape index (κ1) is 13.2. The third-order valence-electron chi connectivity index (χ3n) is 1.83. The Labute approximate surface area is 103 Å². The van der Waals surface area contributed by atoms with Crippen LogP contribution in [0, 0.1) is 5.41 Å². The number of carbonyl (C=O) groups excluding carboxylic acids is 1. The Hall–Kier alpha value is -1.82. The molecule has 0 radical (unpaired) electrons. The van der Waals surface area contributed by atoms with E-state index >= 15 is 0 Å². The third-order valence-corrected chi connectivity index (χ3v) is 2.10. The summed E-state index contributed by atoms with van der Waals surface area (Å²) in [5.74, 6) is -1.73. The molecule has 92 valence electrons. The van der Waals surface area contributed by atoms with Crippen LogP contribution in [0.4, 0.5) is 0 Å². The maximum absolute atomic E-state index is 11.5. The normalized spacial score (nSPS) is 10.4. The van der Waals surface area contributed by atoms with Crippen molar-refractivity contribution in [2.45, 2.75) is 19.9 Å². The molecule has 0 bridgehead atoms. The lowest BCUT2D eigenvalue weighted by Gasteiger charge is -2.09. The van der Waals surface area contributed by atoms with Crippen molar-refractivity contribution in [1.29, 1.82) is 5.41 Å².